The minimum Gasteiger partial charge on any atom is -0.341 e. The third-order valence-electron chi connectivity index (χ3n) is 4.25. The van der Waals surface area contributed by atoms with Crippen LogP contribution in [0.5, 0.6) is 0 Å². The average molecular weight is 303 g/mol. The van der Waals surface area contributed by atoms with Crippen molar-refractivity contribution < 1.29 is 4.79 Å². The van der Waals surface area contributed by atoms with Crippen LogP contribution in [0.2, 0.25) is 0 Å². The SMILES string of the molecule is CCc1ccsc1C(=O)N(C)C[C@H]1CCn2ccnc2C1. The number of rotatable bonds is 4. The molecule has 112 valence electrons. The smallest absolute Gasteiger partial charge is 0.263 e. The highest BCUT2D eigenvalue weighted by Crippen LogP contribution is 2.23. The van der Waals surface area contributed by atoms with E-state index in [1.165, 1.54) is 0 Å². The normalized spacial score (nSPS) is 17.5. The van der Waals surface area contributed by atoms with Crippen LogP contribution in [-0.4, -0.2) is 34.0 Å². The van der Waals surface area contributed by atoms with Gasteiger partial charge in [0.1, 0.15) is 5.82 Å². The van der Waals surface area contributed by atoms with Gasteiger partial charge in [-0.25, -0.2) is 4.98 Å². The van der Waals surface area contributed by atoms with Crippen molar-refractivity contribution in [3.8, 4) is 0 Å². The summed E-state index contributed by atoms with van der Waals surface area (Å²) >= 11 is 1.55. The van der Waals surface area contributed by atoms with Gasteiger partial charge in [0, 0.05) is 39.0 Å². The van der Waals surface area contributed by atoms with E-state index in [9.17, 15) is 4.79 Å². The van der Waals surface area contributed by atoms with Gasteiger partial charge in [0.2, 0.25) is 0 Å². The van der Waals surface area contributed by atoms with Gasteiger partial charge >= 0.3 is 0 Å². The number of aryl methyl sites for hydroxylation is 2. The van der Waals surface area contributed by atoms with Crippen molar-refractivity contribution in [3.63, 3.8) is 0 Å². The second kappa shape index (κ2) is 6.02. The molecule has 0 bridgehead atoms. The van der Waals surface area contributed by atoms with Crippen LogP contribution in [0.25, 0.3) is 0 Å². The van der Waals surface area contributed by atoms with Gasteiger partial charge in [-0.1, -0.05) is 6.92 Å². The van der Waals surface area contributed by atoms with Crippen LogP contribution in [0.1, 0.15) is 34.4 Å². The first-order valence-corrected chi connectivity index (χ1v) is 8.38. The fourth-order valence-corrected chi connectivity index (χ4v) is 4.01. The van der Waals surface area contributed by atoms with Gasteiger partial charge < -0.3 is 9.47 Å². The summed E-state index contributed by atoms with van der Waals surface area (Å²) in [5.41, 5.74) is 1.16. The second-order valence-corrected chi connectivity index (χ2v) is 6.63. The maximum Gasteiger partial charge on any atom is 0.263 e. The lowest BCUT2D eigenvalue weighted by molar-refractivity contribution is 0.0768. The molecule has 0 spiro atoms. The van der Waals surface area contributed by atoms with Crippen molar-refractivity contribution in [1.82, 2.24) is 14.5 Å². The van der Waals surface area contributed by atoms with E-state index in [2.05, 4.69) is 22.5 Å². The Balaban J connectivity index is 1.64. The van der Waals surface area contributed by atoms with Crippen LogP contribution >= 0.6 is 11.3 Å². The topological polar surface area (TPSA) is 38.1 Å². The van der Waals surface area contributed by atoms with Gasteiger partial charge in [-0.15, -0.1) is 11.3 Å². The molecule has 3 rings (SSSR count). The number of nitrogens with zero attached hydrogens (tertiary/aromatic N) is 3. The monoisotopic (exact) mass is 303 g/mol. The fraction of sp³-hybridized carbons (Fsp3) is 0.500. The molecule has 0 saturated heterocycles. The number of thiophene rings is 1. The molecule has 0 N–H and O–H groups in total. The van der Waals surface area contributed by atoms with E-state index in [4.69, 9.17) is 0 Å². The zero-order chi connectivity index (χ0) is 14.8. The van der Waals surface area contributed by atoms with E-state index in [-0.39, 0.29) is 5.91 Å². The van der Waals surface area contributed by atoms with Crippen molar-refractivity contribution in [2.24, 2.45) is 5.92 Å². The summed E-state index contributed by atoms with van der Waals surface area (Å²) in [6, 6.07) is 2.06. The molecule has 0 radical (unpaired) electrons. The fourth-order valence-electron chi connectivity index (χ4n) is 3.02. The third-order valence-corrected chi connectivity index (χ3v) is 5.20. The Morgan fingerprint density at radius 3 is 3.24 bits per heavy atom. The van der Waals surface area contributed by atoms with Crippen LogP contribution in [0.3, 0.4) is 0 Å². The summed E-state index contributed by atoms with van der Waals surface area (Å²) in [7, 11) is 1.92. The van der Waals surface area contributed by atoms with Crippen LogP contribution < -0.4 is 0 Å². The standard InChI is InChI=1S/C16H21N3OS/c1-3-13-5-9-21-15(13)16(20)18(2)11-12-4-7-19-8-6-17-14(19)10-12/h5-6,8-9,12H,3-4,7,10-11H2,1-2H3/t12-/m0/s1. The number of hydrogen-bond acceptors (Lipinski definition) is 3. The molecule has 1 atom stereocenters. The summed E-state index contributed by atoms with van der Waals surface area (Å²) in [5, 5.41) is 2.01. The Bertz CT molecular complexity index is 631. The lowest BCUT2D eigenvalue weighted by Crippen LogP contribution is -2.35. The summed E-state index contributed by atoms with van der Waals surface area (Å²) in [5.74, 6) is 1.83. The summed E-state index contributed by atoms with van der Waals surface area (Å²) in [6.07, 6.45) is 6.91. The number of fused-ring (bicyclic) bond motifs is 1. The van der Waals surface area contributed by atoms with Gasteiger partial charge in [0.25, 0.3) is 5.91 Å². The average Bonchev–Trinajstić information content (AvgIpc) is 3.14. The Labute approximate surface area is 129 Å². The van der Waals surface area contributed by atoms with Crippen molar-refractivity contribution in [1.29, 1.82) is 0 Å². The molecule has 2 aromatic rings. The summed E-state index contributed by atoms with van der Waals surface area (Å²) in [6.45, 7) is 3.92. The Morgan fingerprint density at radius 2 is 2.43 bits per heavy atom. The highest BCUT2D eigenvalue weighted by Gasteiger charge is 2.23. The van der Waals surface area contributed by atoms with E-state index >= 15 is 0 Å². The lowest BCUT2D eigenvalue weighted by Gasteiger charge is -2.27. The molecule has 0 aliphatic carbocycles. The summed E-state index contributed by atoms with van der Waals surface area (Å²) in [4.78, 5) is 19.8. The van der Waals surface area contributed by atoms with Gasteiger partial charge in [-0.2, -0.15) is 0 Å². The number of aromatic nitrogens is 2. The first kappa shape index (κ1) is 14.3. The predicted molar refractivity (Wildman–Crippen MR) is 84.7 cm³/mol. The first-order chi connectivity index (χ1) is 10.2. The zero-order valence-electron chi connectivity index (χ0n) is 12.6. The van der Waals surface area contributed by atoms with Crippen molar-refractivity contribution in [3.05, 3.63) is 40.1 Å². The molecule has 4 nitrogen and oxygen atoms in total. The van der Waals surface area contributed by atoms with E-state index in [0.29, 0.717) is 5.92 Å². The van der Waals surface area contributed by atoms with Crippen LogP contribution in [0, 0.1) is 5.92 Å². The van der Waals surface area contributed by atoms with E-state index in [1.807, 2.05) is 29.7 Å². The summed E-state index contributed by atoms with van der Waals surface area (Å²) < 4.78 is 2.22. The number of hydrogen-bond donors (Lipinski definition) is 0. The number of carbonyl (C=O) groups excluding carboxylic acids is 1. The van der Waals surface area contributed by atoms with E-state index in [1.54, 1.807) is 11.3 Å². The van der Waals surface area contributed by atoms with Crippen molar-refractivity contribution >= 4 is 17.2 Å². The van der Waals surface area contributed by atoms with Gasteiger partial charge in [-0.3, -0.25) is 4.79 Å². The minimum absolute atomic E-state index is 0.163. The molecular weight excluding hydrogens is 282 g/mol. The molecule has 2 aromatic heterocycles. The Morgan fingerprint density at radius 1 is 1.57 bits per heavy atom. The lowest BCUT2D eigenvalue weighted by atomic mass is 9.97. The molecule has 1 amide bonds. The molecule has 5 heteroatoms. The number of carbonyl (C=O) groups is 1. The molecule has 21 heavy (non-hydrogen) atoms. The highest BCUT2D eigenvalue weighted by atomic mass is 32.1. The molecule has 0 unspecified atom stereocenters. The van der Waals surface area contributed by atoms with Crippen LogP contribution in [0.15, 0.2) is 23.8 Å². The molecule has 3 heterocycles. The van der Waals surface area contributed by atoms with Gasteiger partial charge in [-0.05, 0) is 35.8 Å². The van der Waals surface area contributed by atoms with Crippen molar-refractivity contribution in [2.45, 2.75) is 32.7 Å². The quantitative estimate of drug-likeness (QED) is 0.871. The number of imidazole rings is 1. The highest BCUT2D eigenvalue weighted by molar-refractivity contribution is 7.12. The van der Waals surface area contributed by atoms with Crippen LogP contribution in [-0.2, 0) is 19.4 Å². The molecule has 0 saturated carbocycles. The molecule has 1 aliphatic heterocycles. The molecule has 0 aromatic carbocycles. The molecular formula is C16H21N3OS. The van der Waals surface area contributed by atoms with Crippen molar-refractivity contribution in [2.75, 3.05) is 13.6 Å². The maximum atomic E-state index is 12.6. The third kappa shape index (κ3) is 2.88. The van der Waals surface area contributed by atoms with Gasteiger partial charge in [0.05, 0.1) is 4.88 Å². The largest absolute Gasteiger partial charge is 0.341 e. The van der Waals surface area contributed by atoms with E-state index in [0.717, 1.165) is 48.6 Å². The minimum atomic E-state index is 0.163. The molecule has 0 fully saturated rings. The number of amides is 1. The maximum absolute atomic E-state index is 12.6. The Hall–Kier alpha value is -1.62. The van der Waals surface area contributed by atoms with Crippen LogP contribution in [0.4, 0.5) is 0 Å². The first-order valence-electron chi connectivity index (χ1n) is 7.51. The Kier molecular flexibility index (Phi) is 4.10. The predicted octanol–water partition coefficient (Wildman–Crippen LogP) is 2.84. The van der Waals surface area contributed by atoms with E-state index < -0.39 is 0 Å². The van der Waals surface area contributed by atoms with Gasteiger partial charge in [0.15, 0.2) is 0 Å². The second-order valence-electron chi connectivity index (χ2n) is 5.71. The molecule has 1 aliphatic rings. The zero-order valence-corrected chi connectivity index (χ0v) is 13.4.